The number of nitrogens with one attached hydrogen (secondary N) is 1. The monoisotopic (exact) mass is 259 g/mol. The van der Waals surface area contributed by atoms with Crippen LogP contribution in [0.5, 0.6) is 0 Å². The molecule has 1 aliphatic rings. The molecule has 1 aliphatic carbocycles. The highest BCUT2D eigenvalue weighted by Crippen LogP contribution is 2.53. The molecule has 0 amide bonds. The van der Waals surface area contributed by atoms with Gasteiger partial charge in [-0.15, -0.1) is 0 Å². The largest absolute Gasteiger partial charge is 0.312 e. The Morgan fingerprint density at radius 2 is 1.84 bits per heavy atom. The summed E-state index contributed by atoms with van der Waals surface area (Å²) in [5.74, 6) is 0.795. The molecule has 2 atom stereocenters. The van der Waals surface area contributed by atoms with Crippen LogP contribution in [0.1, 0.15) is 58.6 Å². The predicted molar refractivity (Wildman–Crippen MR) is 83.7 cm³/mol. The molecule has 0 bridgehead atoms. The van der Waals surface area contributed by atoms with E-state index in [1.54, 1.807) is 0 Å². The number of aryl methyl sites for hydroxylation is 1. The highest BCUT2D eigenvalue weighted by Gasteiger charge is 2.50. The molecule has 1 aromatic carbocycles. The Balaban J connectivity index is 1.95. The fraction of sp³-hybridized carbons (Fsp3) is 0.667. The van der Waals surface area contributed by atoms with Gasteiger partial charge in [0.25, 0.3) is 0 Å². The minimum atomic E-state index is 0.231. The lowest BCUT2D eigenvalue weighted by Gasteiger charge is -2.21. The van der Waals surface area contributed by atoms with Crippen LogP contribution in [0.25, 0.3) is 0 Å². The fourth-order valence-electron chi connectivity index (χ4n) is 2.87. The lowest BCUT2D eigenvalue weighted by atomic mass is 9.93. The summed E-state index contributed by atoms with van der Waals surface area (Å²) in [6.07, 6.45) is 3.75. The van der Waals surface area contributed by atoms with E-state index in [9.17, 15) is 0 Å². The van der Waals surface area contributed by atoms with E-state index in [1.165, 1.54) is 30.4 Å². The Kier molecular flexibility index (Phi) is 4.06. The van der Waals surface area contributed by atoms with Gasteiger partial charge in [-0.3, -0.25) is 0 Å². The molecule has 2 rings (SSSR count). The van der Waals surface area contributed by atoms with Crippen LogP contribution in [-0.4, -0.2) is 12.1 Å². The quantitative estimate of drug-likeness (QED) is 0.831. The van der Waals surface area contributed by atoms with Crippen LogP contribution in [0.2, 0.25) is 0 Å². The van der Waals surface area contributed by atoms with Gasteiger partial charge in [0.15, 0.2) is 0 Å². The van der Waals surface area contributed by atoms with E-state index < -0.39 is 0 Å². The molecule has 0 radical (unpaired) electrons. The molecule has 2 unspecified atom stereocenters. The molecule has 0 aliphatic heterocycles. The van der Waals surface area contributed by atoms with Crippen LogP contribution >= 0.6 is 0 Å². The van der Waals surface area contributed by atoms with Gasteiger partial charge in [-0.2, -0.15) is 0 Å². The summed E-state index contributed by atoms with van der Waals surface area (Å²) in [4.78, 5) is 0. The van der Waals surface area contributed by atoms with Gasteiger partial charge in [-0.25, -0.2) is 0 Å². The van der Waals surface area contributed by atoms with E-state index in [1.807, 2.05) is 0 Å². The van der Waals surface area contributed by atoms with Crippen LogP contribution in [-0.2, 0) is 11.8 Å². The first-order chi connectivity index (χ1) is 8.85. The highest BCUT2D eigenvalue weighted by atomic mass is 15.0. The second kappa shape index (κ2) is 5.28. The van der Waals surface area contributed by atoms with Crippen LogP contribution < -0.4 is 5.32 Å². The van der Waals surface area contributed by atoms with Crippen molar-refractivity contribution in [2.45, 2.75) is 64.8 Å². The van der Waals surface area contributed by atoms with E-state index in [-0.39, 0.29) is 5.54 Å². The summed E-state index contributed by atoms with van der Waals surface area (Å²) in [5.41, 5.74) is 3.63. The Morgan fingerprint density at radius 3 is 2.37 bits per heavy atom. The molecule has 1 heteroatoms. The van der Waals surface area contributed by atoms with Crippen molar-refractivity contribution in [1.82, 2.24) is 5.32 Å². The second-order valence-electron chi connectivity index (χ2n) is 7.40. The second-order valence-corrected chi connectivity index (χ2v) is 7.40. The van der Waals surface area contributed by atoms with E-state index in [2.05, 4.69) is 64.2 Å². The van der Waals surface area contributed by atoms with Crippen LogP contribution in [0, 0.1) is 5.92 Å². The third-order valence-electron chi connectivity index (χ3n) is 4.44. The van der Waals surface area contributed by atoms with Crippen LogP contribution in [0.15, 0.2) is 24.3 Å². The van der Waals surface area contributed by atoms with Crippen molar-refractivity contribution in [3.63, 3.8) is 0 Å². The lowest BCUT2D eigenvalue weighted by Crippen LogP contribution is -2.37. The molecule has 0 aromatic heterocycles. The average Bonchev–Trinajstić information content (AvgIpc) is 3.00. The van der Waals surface area contributed by atoms with Gasteiger partial charge in [-0.1, -0.05) is 44.5 Å². The SMILES string of the molecule is CCCc1ccc(C2(C)CC2CNC(C)(C)C)cc1. The van der Waals surface area contributed by atoms with Gasteiger partial charge in [0.1, 0.15) is 0 Å². The van der Waals surface area contributed by atoms with Gasteiger partial charge in [0, 0.05) is 5.54 Å². The molecule has 106 valence electrons. The van der Waals surface area contributed by atoms with Crippen LogP contribution in [0.3, 0.4) is 0 Å². The summed E-state index contributed by atoms with van der Waals surface area (Å²) in [5, 5.41) is 3.64. The molecule has 0 spiro atoms. The molecule has 1 fully saturated rings. The van der Waals surface area contributed by atoms with E-state index >= 15 is 0 Å². The molecule has 0 saturated heterocycles. The highest BCUT2D eigenvalue weighted by molar-refractivity contribution is 5.35. The molecular weight excluding hydrogens is 230 g/mol. The first kappa shape index (κ1) is 14.6. The Labute approximate surface area is 118 Å². The number of hydrogen-bond acceptors (Lipinski definition) is 1. The van der Waals surface area contributed by atoms with Gasteiger partial charge < -0.3 is 5.32 Å². The zero-order valence-corrected chi connectivity index (χ0v) is 13.2. The van der Waals surface area contributed by atoms with Crippen molar-refractivity contribution in [2.24, 2.45) is 5.92 Å². The minimum Gasteiger partial charge on any atom is -0.312 e. The molecular formula is C18H29N. The zero-order valence-electron chi connectivity index (χ0n) is 13.2. The van der Waals surface area contributed by atoms with E-state index in [4.69, 9.17) is 0 Å². The van der Waals surface area contributed by atoms with E-state index in [0.29, 0.717) is 5.41 Å². The summed E-state index contributed by atoms with van der Waals surface area (Å²) < 4.78 is 0. The molecule has 1 saturated carbocycles. The maximum absolute atomic E-state index is 3.64. The zero-order chi connectivity index (χ0) is 14.1. The molecule has 1 N–H and O–H groups in total. The summed E-state index contributed by atoms with van der Waals surface area (Å²) >= 11 is 0. The Morgan fingerprint density at radius 1 is 1.21 bits per heavy atom. The topological polar surface area (TPSA) is 12.0 Å². The summed E-state index contributed by atoms with van der Waals surface area (Å²) in [6, 6.07) is 9.33. The van der Waals surface area contributed by atoms with Gasteiger partial charge in [0.2, 0.25) is 0 Å². The van der Waals surface area contributed by atoms with Crippen molar-refractivity contribution in [3.05, 3.63) is 35.4 Å². The predicted octanol–water partition coefficient (Wildman–Crippen LogP) is 4.30. The Hall–Kier alpha value is -0.820. The van der Waals surface area contributed by atoms with Crippen LogP contribution in [0.4, 0.5) is 0 Å². The third kappa shape index (κ3) is 3.60. The minimum absolute atomic E-state index is 0.231. The first-order valence-corrected chi connectivity index (χ1v) is 7.69. The lowest BCUT2D eigenvalue weighted by molar-refractivity contribution is 0.406. The van der Waals surface area contributed by atoms with Crippen molar-refractivity contribution in [1.29, 1.82) is 0 Å². The first-order valence-electron chi connectivity index (χ1n) is 7.69. The van der Waals surface area contributed by atoms with Crippen molar-refractivity contribution < 1.29 is 0 Å². The molecule has 1 aromatic rings. The van der Waals surface area contributed by atoms with Gasteiger partial charge >= 0.3 is 0 Å². The maximum atomic E-state index is 3.64. The maximum Gasteiger partial charge on any atom is 0.00966 e. The molecule has 19 heavy (non-hydrogen) atoms. The average molecular weight is 259 g/mol. The van der Waals surface area contributed by atoms with Crippen molar-refractivity contribution >= 4 is 0 Å². The van der Waals surface area contributed by atoms with Crippen molar-refractivity contribution in [3.8, 4) is 0 Å². The van der Waals surface area contributed by atoms with Gasteiger partial charge in [0.05, 0.1) is 0 Å². The Bertz CT molecular complexity index is 412. The molecule has 0 heterocycles. The third-order valence-corrected chi connectivity index (χ3v) is 4.44. The normalized spacial score (nSPS) is 26.5. The number of rotatable bonds is 5. The summed E-state index contributed by atoms with van der Waals surface area (Å²) in [6.45, 7) is 12.5. The fourth-order valence-corrected chi connectivity index (χ4v) is 2.87. The standard InChI is InChI=1S/C18H29N/c1-6-7-14-8-10-15(11-9-14)18(5)12-16(18)13-19-17(2,3)4/h8-11,16,19H,6-7,12-13H2,1-5H3. The smallest absolute Gasteiger partial charge is 0.00966 e. The summed E-state index contributed by atoms with van der Waals surface area (Å²) in [7, 11) is 0. The molecule has 1 nitrogen and oxygen atoms in total. The number of hydrogen-bond donors (Lipinski definition) is 1. The van der Waals surface area contributed by atoms with Crippen molar-refractivity contribution in [2.75, 3.05) is 6.54 Å². The number of benzene rings is 1. The van der Waals surface area contributed by atoms with Gasteiger partial charge in [-0.05, 0) is 62.6 Å². The van der Waals surface area contributed by atoms with E-state index in [0.717, 1.165) is 12.5 Å².